The van der Waals surface area contributed by atoms with Crippen LogP contribution in [0.1, 0.15) is 24.4 Å². The fourth-order valence-corrected chi connectivity index (χ4v) is 2.12. The molecule has 0 amide bonds. The van der Waals surface area contributed by atoms with Crippen molar-refractivity contribution in [1.82, 2.24) is 0 Å². The van der Waals surface area contributed by atoms with Crippen molar-refractivity contribution < 1.29 is 13.4 Å². The molecule has 1 fully saturated rings. The van der Waals surface area contributed by atoms with Crippen molar-refractivity contribution >= 4 is 0 Å². The topological polar surface area (TPSA) is 23.1 Å². The third-order valence-electron chi connectivity index (χ3n) is 2.90. The Morgan fingerprint density at radius 2 is 2.13 bits per heavy atom. The largest absolute Gasteiger partial charge is 0.632 e. The second-order valence-corrected chi connectivity index (χ2v) is 4.00. The second-order valence-electron chi connectivity index (χ2n) is 4.00. The van der Waals surface area contributed by atoms with Gasteiger partial charge in [0.2, 0.25) is 0 Å². The molecule has 1 aromatic carbocycles. The molecule has 2 rings (SSSR count). The Balaban J connectivity index is 2.40. The SMILES string of the molecule is [CH2][N+]1([O-])CCCC1c1cc(F)ccc1F. The molecule has 1 saturated heterocycles. The maximum Gasteiger partial charge on any atom is 0.132 e. The van der Waals surface area contributed by atoms with E-state index in [1.54, 1.807) is 0 Å². The first-order valence-electron chi connectivity index (χ1n) is 4.89. The Bertz CT molecular complexity index is 379. The van der Waals surface area contributed by atoms with Gasteiger partial charge in [0.1, 0.15) is 24.7 Å². The average molecular weight is 212 g/mol. The molecule has 1 aromatic rings. The van der Waals surface area contributed by atoms with Gasteiger partial charge < -0.3 is 9.85 Å². The van der Waals surface area contributed by atoms with Crippen LogP contribution in [0.2, 0.25) is 0 Å². The molecule has 0 aromatic heterocycles. The predicted molar refractivity (Wildman–Crippen MR) is 52.2 cm³/mol. The number of hydrogen-bond acceptors (Lipinski definition) is 1. The third kappa shape index (κ3) is 1.87. The van der Waals surface area contributed by atoms with Crippen LogP contribution in [0.15, 0.2) is 18.2 Å². The minimum atomic E-state index is -0.750. The highest BCUT2D eigenvalue weighted by Crippen LogP contribution is 2.38. The highest BCUT2D eigenvalue weighted by Gasteiger charge is 2.34. The monoisotopic (exact) mass is 212 g/mol. The van der Waals surface area contributed by atoms with E-state index in [1.807, 2.05) is 0 Å². The van der Waals surface area contributed by atoms with E-state index >= 15 is 0 Å². The summed E-state index contributed by atoms with van der Waals surface area (Å²) in [6.07, 6.45) is 1.26. The predicted octanol–water partition coefficient (Wildman–Crippen LogP) is 2.91. The smallest absolute Gasteiger partial charge is 0.132 e. The van der Waals surface area contributed by atoms with Gasteiger partial charge in [0, 0.05) is 18.4 Å². The van der Waals surface area contributed by atoms with Gasteiger partial charge in [-0.3, -0.25) is 0 Å². The van der Waals surface area contributed by atoms with Crippen molar-refractivity contribution in [3.8, 4) is 0 Å². The molecule has 2 atom stereocenters. The number of hydrogen-bond donors (Lipinski definition) is 0. The van der Waals surface area contributed by atoms with Gasteiger partial charge >= 0.3 is 0 Å². The van der Waals surface area contributed by atoms with Crippen molar-refractivity contribution in [3.63, 3.8) is 0 Å². The Labute approximate surface area is 87.3 Å². The standard InChI is InChI=1S/C11H12F2NO/c1-14(15)6-2-3-11(14)9-7-8(12)4-5-10(9)13/h4-5,7,11H,1-3,6H2. The molecule has 4 heteroatoms. The fourth-order valence-electron chi connectivity index (χ4n) is 2.12. The molecule has 2 unspecified atom stereocenters. The second kappa shape index (κ2) is 3.54. The van der Waals surface area contributed by atoms with Gasteiger partial charge in [-0.1, -0.05) is 0 Å². The number of likely N-dealkylation sites (tertiary alicyclic amines) is 1. The van der Waals surface area contributed by atoms with Gasteiger partial charge in [0.15, 0.2) is 0 Å². The van der Waals surface area contributed by atoms with E-state index in [0.717, 1.165) is 18.2 Å². The highest BCUT2D eigenvalue weighted by molar-refractivity contribution is 5.21. The lowest BCUT2D eigenvalue weighted by Crippen LogP contribution is -2.34. The molecule has 1 radical (unpaired) electrons. The molecule has 0 N–H and O–H groups in total. The Morgan fingerprint density at radius 1 is 1.40 bits per heavy atom. The lowest BCUT2D eigenvalue weighted by molar-refractivity contribution is -0.854. The minimum absolute atomic E-state index is 0.150. The summed E-state index contributed by atoms with van der Waals surface area (Å²) in [6, 6.07) is 2.64. The molecular weight excluding hydrogens is 200 g/mol. The summed E-state index contributed by atoms with van der Waals surface area (Å²) in [5.74, 6) is -1.04. The highest BCUT2D eigenvalue weighted by atomic mass is 19.1. The normalized spacial score (nSPS) is 30.8. The first kappa shape index (κ1) is 10.5. The maximum atomic E-state index is 13.4. The summed E-state index contributed by atoms with van der Waals surface area (Å²) < 4.78 is 25.6. The Hall–Kier alpha value is -1.00. The summed E-state index contributed by atoms with van der Waals surface area (Å²) in [5.41, 5.74) is 0.150. The quantitative estimate of drug-likeness (QED) is 0.518. The molecule has 0 aliphatic carbocycles. The number of hydroxylamine groups is 3. The maximum absolute atomic E-state index is 13.4. The Kier molecular flexibility index (Phi) is 2.48. The first-order chi connectivity index (χ1) is 7.00. The number of quaternary nitrogens is 1. The molecule has 81 valence electrons. The van der Waals surface area contributed by atoms with Crippen LogP contribution in [0.5, 0.6) is 0 Å². The van der Waals surface area contributed by atoms with Crippen molar-refractivity contribution in [2.45, 2.75) is 18.9 Å². The molecule has 1 aliphatic rings. The first-order valence-corrected chi connectivity index (χ1v) is 4.89. The van der Waals surface area contributed by atoms with E-state index in [1.165, 1.54) is 0 Å². The minimum Gasteiger partial charge on any atom is -0.632 e. The fraction of sp³-hybridized carbons (Fsp3) is 0.364. The van der Waals surface area contributed by atoms with Crippen LogP contribution in [0.3, 0.4) is 0 Å². The van der Waals surface area contributed by atoms with Crippen LogP contribution in [0.25, 0.3) is 0 Å². The zero-order chi connectivity index (χ0) is 11.1. The van der Waals surface area contributed by atoms with Crippen LogP contribution in [-0.4, -0.2) is 11.2 Å². The molecule has 1 heterocycles. The summed E-state index contributed by atoms with van der Waals surface area (Å²) in [6.45, 7) is 0.362. The zero-order valence-electron chi connectivity index (χ0n) is 8.25. The van der Waals surface area contributed by atoms with Gasteiger partial charge in [-0.05, 0) is 18.2 Å². The zero-order valence-corrected chi connectivity index (χ0v) is 8.25. The summed E-state index contributed by atoms with van der Waals surface area (Å²) in [4.78, 5) is 0. The number of nitrogens with zero attached hydrogens (tertiary/aromatic N) is 1. The van der Waals surface area contributed by atoms with Gasteiger partial charge in [0.05, 0.1) is 6.54 Å². The Morgan fingerprint density at radius 3 is 2.73 bits per heavy atom. The number of rotatable bonds is 1. The van der Waals surface area contributed by atoms with E-state index in [-0.39, 0.29) is 5.56 Å². The van der Waals surface area contributed by atoms with Crippen LogP contribution >= 0.6 is 0 Å². The number of halogens is 2. The van der Waals surface area contributed by atoms with E-state index in [0.29, 0.717) is 19.4 Å². The van der Waals surface area contributed by atoms with Crippen LogP contribution in [0, 0.1) is 23.9 Å². The van der Waals surface area contributed by atoms with Crippen LogP contribution in [-0.2, 0) is 0 Å². The van der Waals surface area contributed by atoms with E-state index in [2.05, 4.69) is 7.05 Å². The van der Waals surface area contributed by atoms with E-state index < -0.39 is 22.3 Å². The van der Waals surface area contributed by atoms with Crippen LogP contribution < -0.4 is 0 Å². The molecule has 2 nitrogen and oxygen atoms in total. The van der Waals surface area contributed by atoms with Crippen molar-refractivity contribution in [2.75, 3.05) is 6.54 Å². The lowest BCUT2D eigenvalue weighted by Gasteiger charge is -2.39. The van der Waals surface area contributed by atoms with Crippen molar-refractivity contribution in [2.24, 2.45) is 0 Å². The molecule has 0 saturated carbocycles. The molecular formula is C11H12F2NO. The number of benzene rings is 1. The molecule has 15 heavy (non-hydrogen) atoms. The van der Waals surface area contributed by atoms with Gasteiger partial charge in [-0.25, -0.2) is 8.78 Å². The molecule has 0 bridgehead atoms. The molecule has 1 aliphatic heterocycles. The lowest BCUT2D eigenvalue weighted by atomic mass is 10.0. The summed E-state index contributed by atoms with van der Waals surface area (Å²) in [5, 5.41) is 11.8. The van der Waals surface area contributed by atoms with Crippen LogP contribution in [0.4, 0.5) is 8.78 Å². The van der Waals surface area contributed by atoms with Gasteiger partial charge in [0.25, 0.3) is 0 Å². The van der Waals surface area contributed by atoms with E-state index in [4.69, 9.17) is 0 Å². The summed E-state index contributed by atoms with van der Waals surface area (Å²) >= 11 is 0. The average Bonchev–Trinajstić information content (AvgIpc) is 2.50. The van der Waals surface area contributed by atoms with Crippen molar-refractivity contribution in [3.05, 3.63) is 47.7 Å². The van der Waals surface area contributed by atoms with Gasteiger partial charge in [-0.2, -0.15) is 0 Å². The van der Waals surface area contributed by atoms with Gasteiger partial charge in [-0.15, -0.1) is 0 Å². The summed E-state index contributed by atoms with van der Waals surface area (Å²) in [7, 11) is 3.49. The van der Waals surface area contributed by atoms with E-state index in [9.17, 15) is 14.0 Å². The van der Waals surface area contributed by atoms with Crippen molar-refractivity contribution in [1.29, 1.82) is 0 Å². The molecule has 0 spiro atoms. The third-order valence-corrected chi connectivity index (χ3v) is 2.90.